The Labute approximate surface area is 131 Å². The summed E-state index contributed by atoms with van der Waals surface area (Å²) in [4.78, 5) is 6.68. The Bertz CT molecular complexity index is 542. The molecule has 2 N–H and O–H groups in total. The maximum absolute atomic E-state index is 4.21. The van der Waals surface area contributed by atoms with Crippen LogP contribution in [0.25, 0.3) is 11.3 Å². The van der Waals surface area contributed by atoms with E-state index in [0.717, 1.165) is 30.9 Å². The van der Waals surface area contributed by atoms with Gasteiger partial charge in [-0.3, -0.25) is 15.0 Å². The Kier molecular flexibility index (Phi) is 5.73. The number of aromatic amines is 1. The minimum Gasteiger partial charge on any atom is -0.316 e. The molecule has 5 nitrogen and oxygen atoms in total. The van der Waals surface area contributed by atoms with Crippen LogP contribution >= 0.6 is 12.4 Å². The van der Waals surface area contributed by atoms with Gasteiger partial charge in [-0.05, 0) is 38.6 Å². The first-order valence-corrected chi connectivity index (χ1v) is 7.19. The Morgan fingerprint density at radius 2 is 2.33 bits per heavy atom. The van der Waals surface area contributed by atoms with Crippen molar-refractivity contribution in [3.8, 4) is 11.3 Å². The number of pyridine rings is 1. The van der Waals surface area contributed by atoms with Crippen molar-refractivity contribution in [1.82, 2.24) is 25.4 Å². The molecule has 0 amide bonds. The molecule has 0 aromatic carbocycles. The molecule has 0 saturated carbocycles. The molecular weight excluding hydrogens is 286 g/mol. The lowest BCUT2D eigenvalue weighted by molar-refractivity contribution is 0.188. The highest BCUT2D eigenvalue weighted by molar-refractivity contribution is 5.85. The van der Waals surface area contributed by atoms with Gasteiger partial charge in [0.05, 0.1) is 11.9 Å². The molecule has 0 spiro atoms. The summed E-state index contributed by atoms with van der Waals surface area (Å²) in [6, 6.07) is 4.63. The Balaban J connectivity index is 0.00000161. The maximum atomic E-state index is 4.21. The van der Waals surface area contributed by atoms with Gasteiger partial charge in [-0.25, -0.2) is 0 Å². The van der Waals surface area contributed by atoms with E-state index in [4.69, 9.17) is 0 Å². The predicted octanol–water partition coefficient (Wildman–Crippen LogP) is 2.08. The number of H-pyrrole nitrogens is 1. The second-order valence-corrected chi connectivity index (χ2v) is 5.37. The van der Waals surface area contributed by atoms with E-state index < -0.39 is 0 Å². The third kappa shape index (κ3) is 3.81. The van der Waals surface area contributed by atoms with E-state index in [1.165, 1.54) is 18.4 Å². The molecule has 21 heavy (non-hydrogen) atoms. The molecule has 3 heterocycles. The Morgan fingerprint density at radius 1 is 1.43 bits per heavy atom. The fraction of sp³-hybridized carbons (Fsp3) is 0.467. The van der Waals surface area contributed by atoms with Crippen molar-refractivity contribution in [1.29, 1.82) is 0 Å². The van der Waals surface area contributed by atoms with Crippen LogP contribution in [0.5, 0.6) is 0 Å². The summed E-state index contributed by atoms with van der Waals surface area (Å²) in [6.07, 6.45) is 8.13. The standard InChI is InChI=1S/C15H21N5.ClH/c1-16-14-5-3-7-20(11-14)10-13-9-18-19-15(13)12-4-2-6-17-8-12;/h2,4,6,8-9,14,16H,3,5,7,10-11H2,1H3,(H,18,19);1H. The Hall–Kier alpha value is -1.43. The van der Waals surface area contributed by atoms with E-state index in [-0.39, 0.29) is 12.4 Å². The number of nitrogens with zero attached hydrogens (tertiary/aromatic N) is 3. The summed E-state index contributed by atoms with van der Waals surface area (Å²) < 4.78 is 0. The predicted molar refractivity (Wildman–Crippen MR) is 86.4 cm³/mol. The molecule has 1 unspecified atom stereocenters. The highest BCUT2D eigenvalue weighted by atomic mass is 35.5. The highest BCUT2D eigenvalue weighted by Gasteiger charge is 2.20. The number of likely N-dealkylation sites (N-methyl/N-ethyl adjacent to an activating group) is 1. The zero-order chi connectivity index (χ0) is 13.8. The van der Waals surface area contributed by atoms with E-state index in [1.807, 2.05) is 25.5 Å². The van der Waals surface area contributed by atoms with Crippen LogP contribution in [0.15, 0.2) is 30.7 Å². The van der Waals surface area contributed by atoms with Crippen molar-refractivity contribution in [2.45, 2.75) is 25.4 Å². The van der Waals surface area contributed by atoms with Gasteiger partial charge in [-0.1, -0.05) is 0 Å². The molecule has 0 radical (unpaired) electrons. The van der Waals surface area contributed by atoms with Gasteiger partial charge >= 0.3 is 0 Å². The van der Waals surface area contributed by atoms with Gasteiger partial charge in [-0.2, -0.15) is 5.10 Å². The third-order valence-corrected chi connectivity index (χ3v) is 3.98. The fourth-order valence-electron chi connectivity index (χ4n) is 2.87. The molecule has 0 aliphatic carbocycles. The topological polar surface area (TPSA) is 56.8 Å². The van der Waals surface area contributed by atoms with Gasteiger partial charge in [0.2, 0.25) is 0 Å². The van der Waals surface area contributed by atoms with Crippen LogP contribution in [0.1, 0.15) is 18.4 Å². The van der Waals surface area contributed by atoms with Crippen molar-refractivity contribution in [2.75, 3.05) is 20.1 Å². The first kappa shape index (κ1) is 15.9. The van der Waals surface area contributed by atoms with Gasteiger partial charge in [0.1, 0.15) is 0 Å². The van der Waals surface area contributed by atoms with Crippen LogP contribution in [-0.4, -0.2) is 46.3 Å². The van der Waals surface area contributed by atoms with Gasteiger partial charge in [0.15, 0.2) is 0 Å². The summed E-state index contributed by atoms with van der Waals surface area (Å²) in [5, 5.41) is 10.7. The van der Waals surface area contributed by atoms with Gasteiger partial charge < -0.3 is 5.32 Å². The van der Waals surface area contributed by atoms with Crippen LogP contribution in [0.2, 0.25) is 0 Å². The smallest absolute Gasteiger partial charge is 0.0710 e. The van der Waals surface area contributed by atoms with Crippen molar-refractivity contribution in [3.63, 3.8) is 0 Å². The first-order chi connectivity index (χ1) is 9.86. The minimum atomic E-state index is 0. The number of hydrogen-bond acceptors (Lipinski definition) is 4. The molecule has 1 aliphatic rings. The van der Waals surface area contributed by atoms with Crippen molar-refractivity contribution in [3.05, 3.63) is 36.3 Å². The molecular formula is C15H22ClN5. The average Bonchev–Trinajstić information content (AvgIpc) is 2.96. The molecule has 114 valence electrons. The second kappa shape index (κ2) is 7.54. The normalized spacial score (nSPS) is 19.2. The van der Waals surface area contributed by atoms with Gasteiger partial charge in [0, 0.05) is 42.7 Å². The van der Waals surface area contributed by atoms with Crippen LogP contribution < -0.4 is 5.32 Å². The SMILES string of the molecule is CNC1CCCN(Cc2cn[nH]c2-c2cccnc2)C1.Cl. The fourth-order valence-corrected chi connectivity index (χ4v) is 2.87. The molecule has 1 aliphatic heterocycles. The quantitative estimate of drug-likeness (QED) is 0.908. The number of rotatable bonds is 4. The lowest BCUT2D eigenvalue weighted by Crippen LogP contribution is -2.43. The number of aromatic nitrogens is 3. The molecule has 6 heteroatoms. The maximum Gasteiger partial charge on any atom is 0.0710 e. The van der Waals surface area contributed by atoms with Crippen LogP contribution in [0.3, 0.4) is 0 Å². The lowest BCUT2D eigenvalue weighted by Gasteiger charge is -2.32. The van der Waals surface area contributed by atoms with Crippen molar-refractivity contribution < 1.29 is 0 Å². The largest absolute Gasteiger partial charge is 0.316 e. The van der Waals surface area contributed by atoms with Crippen molar-refractivity contribution >= 4 is 12.4 Å². The third-order valence-electron chi connectivity index (χ3n) is 3.98. The average molecular weight is 308 g/mol. The van der Waals surface area contributed by atoms with Gasteiger partial charge in [-0.15, -0.1) is 12.4 Å². The summed E-state index contributed by atoms with van der Waals surface area (Å²) in [5.74, 6) is 0. The van der Waals surface area contributed by atoms with E-state index >= 15 is 0 Å². The molecule has 3 rings (SSSR count). The molecule has 2 aromatic rings. The highest BCUT2D eigenvalue weighted by Crippen LogP contribution is 2.22. The van der Waals surface area contributed by atoms with E-state index in [9.17, 15) is 0 Å². The molecule has 1 atom stereocenters. The molecule has 1 saturated heterocycles. The van der Waals surface area contributed by atoms with Crippen molar-refractivity contribution in [2.24, 2.45) is 0 Å². The van der Waals surface area contributed by atoms with E-state index in [1.54, 1.807) is 6.20 Å². The summed E-state index contributed by atoms with van der Waals surface area (Å²) in [6.45, 7) is 3.21. The second-order valence-electron chi connectivity index (χ2n) is 5.37. The summed E-state index contributed by atoms with van der Waals surface area (Å²) >= 11 is 0. The lowest BCUT2D eigenvalue weighted by atomic mass is 10.0. The monoisotopic (exact) mass is 307 g/mol. The van der Waals surface area contributed by atoms with Crippen LogP contribution in [0, 0.1) is 0 Å². The number of piperidine rings is 1. The van der Waals surface area contributed by atoms with Crippen LogP contribution in [0.4, 0.5) is 0 Å². The summed E-state index contributed by atoms with van der Waals surface area (Å²) in [7, 11) is 2.05. The minimum absolute atomic E-state index is 0. The first-order valence-electron chi connectivity index (χ1n) is 7.19. The molecule has 2 aromatic heterocycles. The van der Waals surface area contributed by atoms with Gasteiger partial charge in [0.25, 0.3) is 0 Å². The van der Waals surface area contributed by atoms with E-state index in [2.05, 4.69) is 31.5 Å². The molecule has 1 fully saturated rings. The number of likely N-dealkylation sites (tertiary alicyclic amines) is 1. The molecule has 0 bridgehead atoms. The zero-order valence-electron chi connectivity index (χ0n) is 12.2. The van der Waals surface area contributed by atoms with Crippen LogP contribution in [-0.2, 0) is 6.54 Å². The van der Waals surface area contributed by atoms with E-state index in [0.29, 0.717) is 6.04 Å². The number of halogens is 1. The number of hydrogen-bond donors (Lipinski definition) is 2. The number of nitrogens with one attached hydrogen (secondary N) is 2. The summed E-state index contributed by atoms with van der Waals surface area (Å²) in [5.41, 5.74) is 3.43. The zero-order valence-corrected chi connectivity index (χ0v) is 13.1. The Morgan fingerprint density at radius 3 is 3.10 bits per heavy atom.